The van der Waals surface area contributed by atoms with Gasteiger partial charge in [0.2, 0.25) is 0 Å². The number of rotatable bonds is 4. The Labute approximate surface area is 341 Å². The summed E-state index contributed by atoms with van der Waals surface area (Å²) >= 11 is 0. The molecule has 1 aromatic heterocycles. The van der Waals surface area contributed by atoms with Crippen LogP contribution in [0.5, 0.6) is 0 Å². The normalized spacial score (nSPS) is 11.7. The molecule has 0 radical (unpaired) electrons. The second-order valence-electron chi connectivity index (χ2n) is 16.2. The molecule has 0 aliphatic heterocycles. The van der Waals surface area contributed by atoms with E-state index in [1.165, 1.54) is 126 Å². The van der Waals surface area contributed by atoms with Crippen LogP contribution in [0.25, 0.3) is 98.8 Å². The maximum absolute atomic E-state index is 6.53. The second kappa shape index (κ2) is 13.3. The first-order valence-electron chi connectivity index (χ1n) is 20.2. The van der Waals surface area contributed by atoms with E-state index in [4.69, 9.17) is 4.42 Å². The molecule has 0 aliphatic rings. The molecule has 0 saturated heterocycles. The molecule has 10 rings (SSSR count). The van der Waals surface area contributed by atoms with Crippen molar-refractivity contribution in [2.75, 3.05) is 0 Å². The molecule has 57 heavy (non-hydrogen) atoms. The smallest absolute Gasteiger partial charge is 0.139 e. The van der Waals surface area contributed by atoms with E-state index >= 15 is 0 Å². The lowest BCUT2D eigenvalue weighted by Crippen LogP contribution is -2.50. The van der Waals surface area contributed by atoms with Crippen LogP contribution in [-0.2, 0) is 0 Å². The highest BCUT2D eigenvalue weighted by atomic mass is 16.3. The van der Waals surface area contributed by atoms with Gasteiger partial charge in [0.05, 0.1) is 0 Å². The summed E-state index contributed by atoms with van der Waals surface area (Å²) < 4.78 is 6.53. The molecule has 0 amide bonds. The summed E-state index contributed by atoms with van der Waals surface area (Å²) in [5.74, 6) is 0. The van der Waals surface area contributed by atoms with Gasteiger partial charge in [-0.05, 0) is 95.0 Å². The minimum atomic E-state index is 0.921. The SMILES string of the molecule is Bc1c(B)c(B)c2c(-c3ccc4oc5ccc6ccccc6c5c4c3)c3c(B)c(B)c(B)c(B)c3c(-c3ccc(-c4ccc(-c5ccccc5)cc4)cc3)c2c1B. The Bertz CT molecular complexity index is 3220. The van der Waals surface area contributed by atoms with Crippen LogP contribution < -0.4 is 43.7 Å². The number of fused-ring (bicyclic) bond motifs is 7. The Balaban J connectivity index is 1.27. The monoisotopic (exact) mass is 718 g/mol. The molecule has 1 heterocycles. The maximum atomic E-state index is 6.53. The van der Waals surface area contributed by atoms with Crippen molar-refractivity contribution in [2.45, 2.75) is 0 Å². The number of hydrogen-bond donors (Lipinski definition) is 0. The molecule has 10 aromatic rings. The van der Waals surface area contributed by atoms with Crippen LogP contribution in [-0.4, -0.2) is 62.8 Å². The van der Waals surface area contributed by atoms with Crippen molar-refractivity contribution in [1.29, 1.82) is 0 Å². The molecule has 0 aliphatic carbocycles. The van der Waals surface area contributed by atoms with Crippen LogP contribution in [0.4, 0.5) is 0 Å². The van der Waals surface area contributed by atoms with Crippen molar-refractivity contribution in [2.24, 2.45) is 0 Å². The zero-order valence-electron chi connectivity index (χ0n) is 34.1. The topological polar surface area (TPSA) is 13.1 Å². The van der Waals surface area contributed by atoms with Gasteiger partial charge in [0.1, 0.15) is 73.9 Å². The molecule has 0 atom stereocenters. The Morgan fingerprint density at radius 1 is 0.281 bits per heavy atom. The standard InChI is InChI=1S/C48H38B8O/c49-41-37-34(28-16-14-26(15-17-28)25-12-10-24(11-13-25)23-6-2-1-3-7-23)38-40(44(52)48(56)46(54)42(38)50)35(39(37)43(51)47(55)45(41)53)29-19-20-32-31(22-29)36-30-9-5-4-8-27(30)18-21-33(36)57-32/h1-22H,49-56H2. The number of furan rings is 1. The molecular weight excluding hydrogens is 679 g/mol. The van der Waals surface area contributed by atoms with Gasteiger partial charge in [-0.25, -0.2) is 0 Å². The lowest BCUT2D eigenvalue weighted by molar-refractivity contribution is 0.669. The van der Waals surface area contributed by atoms with E-state index in [1.807, 2.05) is 0 Å². The molecule has 0 fully saturated rings. The van der Waals surface area contributed by atoms with Gasteiger partial charge in [0.15, 0.2) is 0 Å². The molecule has 0 spiro atoms. The van der Waals surface area contributed by atoms with Gasteiger partial charge in [-0.3, -0.25) is 0 Å². The third kappa shape index (κ3) is 5.35. The fourth-order valence-corrected chi connectivity index (χ4v) is 9.72. The summed E-state index contributed by atoms with van der Waals surface area (Å²) in [6.45, 7) is 0. The molecule has 0 bridgehead atoms. The van der Waals surface area contributed by atoms with Crippen molar-refractivity contribution < 1.29 is 4.42 Å². The molecule has 1 nitrogen and oxygen atoms in total. The Morgan fingerprint density at radius 2 is 0.684 bits per heavy atom. The zero-order valence-corrected chi connectivity index (χ0v) is 34.1. The largest absolute Gasteiger partial charge is 0.456 e. The molecule has 9 aromatic carbocycles. The van der Waals surface area contributed by atoms with E-state index in [0.29, 0.717) is 0 Å². The average molecular weight is 717 g/mol. The van der Waals surface area contributed by atoms with Crippen LogP contribution in [0, 0.1) is 0 Å². The van der Waals surface area contributed by atoms with Crippen molar-refractivity contribution in [3.05, 3.63) is 133 Å². The predicted molar refractivity (Wildman–Crippen MR) is 273 cm³/mol. The summed E-state index contributed by atoms with van der Waals surface area (Å²) in [6.07, 6.45) is 0. The lowest BCUT2D eigenvalue weighted by atomic mass is 9.59. The quantitative estimate of drug-likeness (QED) is 0.182. The average Bonchev–Trinajstić information content (AvgIpc) is 3.64. The van der Waals surface area contributed by atoms with Crippen molar-refractivity contribution in [1.82, 2.24) is 0 Å². The van der Waals surface area contributed by atoms with Gasteiger partial charge in [-0.2, -0.15) is 0 Å². The fourth-order valence-electron chi connectivity index (χ4n) is 9.72. The van der Waals surface area contributed by atoms with E-state index in [-0.39, 0.29) is 0 Å². The van der Waals surface area contributed by atoms with Crippen LogP contribution in [0.1, 0.15) is 0 Å². The second-order valence-corrected chi connectivity index (χ2v) is 16.2. The van der Waals surface area contributed by atoms with E-state index < -0.39 is 0 Å². The highest BCUT2D eigenvalue weighted by molar-refractivity contribution is 6.71. The fraction of sp³-hybridized carbons (Fsp3) is 0. The van der Waals surface area contributed by atoms with Crippen molar-refractivity contribution >= 4 is 161 Å². The van der Waals surface area contributed by atoms with Gasteiger partial charge in [0.25, 0.3) is 0 Å². The highest BCUT2D eigenvalue weighted by Gasteiger charge is 2.25. The van der Waals surface area contributed by atoms with Crippen molar-refractivity contribution in [3.63, 3.8) is 0 Å². The summed E-state index contributed by atoms with van der Waals surface area (Å²) in [6, 6.07) is 48.8. The van der Waals surface area contributed by atoms with Crippen LogP contribution >= 0.6 is 0 Å². The Hall–Kier alpha value is -5.92. The van der Waals surface area contributed by atoms with Crippen LogP contribution in [0.15, 0.2) is 138 Å². The van der Waals surface area contributed by atoms with E-state index in [1.54, 1.807) is 0 Å². The van der Waals surface area contributed by atoms with Gasteiger partial charge in [0, 0.05) is 10.8 Å². The minimum Gasteiger partial charge on any atom is -0.456 e. The summed E-state index contributed by atoms with van der Waals surface area (Å²) in [5.41, 5.74) is 22.7. The Morgan fingerprint density at radius 3 is 1.21 bits per heavy atom. The predicted octanol–water partition coefficient (Wildman–Crippen LogP) is -0.219. The van der Waals surface area contributed by atoms with Gasteiger partial charge < -0.3 is 4.42 Å². The van der Waals surface area contributed by atoms with Gasteiger partial charge in [-0.15, -0.1) is 21.9 Å². The van der Waals surface area contributed by atoms with Crippen LogP contribution in [0.2, 0.25) is 0 Å². The zero-order chi connectivity index (χ0) is 39.3. The van der Waals surface area contributed by atoms with Gasteiger partial charge >= 0.3 is 0 Å². The minimum absolute atomic E-state index is 0.921. The summed E-state index contributed by atoms with van der Waals surface area (Å²) in [7, 11) is 18.6. The van der Waals surface area contributed by atoms with E-state index in [2.05, 4.69) is 196 Å². The summed E-state index contributed by atoms with van der Waals surface area (Å²) in [4.78, 5) is 0. The Kier molecular flexibility index (Phi) is 8.31. The third-order valence-corrected chi connectivity index (χ3v) is 13.5. The number of benzene rings is 9. The molecule has 9 heteroatoms. The van der Waals surface area contributed by atoms with Crippen molar-refractivity contribution in [3.8, 4) is 44.5 Å². The first kappa shape index (κ1) is 35.5. The third-order valence-electron chi connectivity index (χ3n) is 13.5. The molecule has 0 saturated carbocycles. The van der Waals surface area contributed by atoms with Crippen LogP contribution in [0.3, 0.4) is 0 Å². The highest BCUT2D eigenvalue weighted by Crippen LogP contribution is 2.43. The summed E-state index contributed by atoms with van der Waals surface area (Å²) in [5, 5.41) is 10.2. The first-order chi connectivity index (χ1) is 27.6. The maximum Gasteiger partial charge on any atom is 0.139 e. The number of hydrogen-bond acceptors (Lipinski definition) is 1. The van der Waals surface area contributed by atoms with Gasteiger partial charge in [-0.1, -0.05) is 137 Å². The lowest BCUT2D eigenvalue weighted by Gasteiger charge is -2.28. The molecule has 0 N–H and O–H groups in total. The molecule has 260 valence electrons. The molecule has 0 unspecified atom stereocenters. The first-order valence-corrected chi connectivity index (χ1v) is 20.2. The van der Waals surface area contributed by atoms with E-state index in [9.17, 15) is 0 Å². The van der Waals surface area contributed by atoms with E-state index in [0.717, 1.165) is 16.6 Å². The molecular formula is C48H38B8O.